The molecule has 0 aliphatic carbocycles. The second-order valence-corrected chi connectivity index (χ2v) is 6.42. The molecule has 1 heterocycles. The van der Waals surface area contributed by atoms with Gasteiger partial charge < -0.3 is 20.5 Å². The topological polar surface area (TPSA) is 70.6 Å². The molecule has 1 aromatic heterocycles. The molecule has 23 heavy (non-hydrogen) atoms. The minimum Gasteiger partial charge on any atom is -0.494 e. The molecule has 2 amide bonds. The van der Waals surface area contributed by atoms with Gasteiger partial charge in [-0.3, -0.25) is 0 Å². The molecule has 0 spiro atoms. The first-order valence-corrected chi connectivity index (χ1v) is 8.35. The summed E-state index contributed by atoms with van der Waals surface area (Å²) in [7, 11) is 0. The Bertz CT molecular complexity index is 654. The van der Waals surface area contributed by atoms with Gasteiger partial charge in [0.05, 0.1) is 13.2 Å². The van der Waals surface area contributed by atoms with Crippen LogP contribution in [0, 0.1) is 6.92 Å². The van der Waals surface area contributed by atoms with Crippen molar-refractivity contribution in [1.29, 1.82) is 0 Å². The van der Waals surface area contributed by atoms with Crippen molar-refractivity contribution in [2.75, 3.05) is 18.5 Å². The SMILES string of the molecule is CCOc1ccc(NC(=O)NCC(C)(O)c2cccs2)cc1C. The summed E-state index contributed by atoms with van der Waals surface area (Å²) in [5, 5.41) is 17.7. The average Bonchev–Trinajstić information content (AvgIpc) is 3.03. The lowest BCUT2D eigenvalue weighted by Gasteiger charge is -2.22. The van der Waals surface area contributed by atoms with Crippen molar-refractivity contribution in [3.63, 3.8) is 0 Å². The summed E-state index contributed by atoms with van der Waals surface area (Å²) in [5.74, 6) is 0.805. The number of anilines is 1. The molecule has 124 valence electrons. The molecule has 2 aromatic rings. The number of carbonyl (C=O) groups excluding carboxylic acids is 1. The van der Waals surface area contributed by atoms with Crippen molar-refractivity contribution in [3.8, 4) is 5.75 Å². The molecule has 0 saturated carbocycles. The van der Waals surface area contributed by atoms with Crippen LogP contribution in [0.5, 0.6) is 5.75 Å². The molecule has 0 fully saturated rings. The highest BCUT2D eigenvalue weighted by Crippen LogP contribution is 2.24. The van der Waals surface area contributed by atoms with E-state index in [1.807, 2.05) is 43.5 Å². The number of carbonyl (C=O) groups is 1. The van der Waals surface area contributed by atoms with E-state index in [9.17, 15) is 9.90 Å². The first-order chi connectivity index (χ1) is 10.9. The smallest absolute Gasteiger partial charge is 0.319 e. The van der Waals surface area contributed by atoms with Crippen LogP contribution in [0.1, 0.15) is 24.3 Å². The van der Waals surface area contributed by atoms with Gasteiger partial charge >= 0.3 is 6.03 Å². The number of benzene rings is 1. The number of aryl methyl sites for hydroxylation is 1. The highest BCUT2D eigenvalue weighted by Gasteiger charge is 2.24. The predicted octanol–water partition coefficient (Wildman–Crippen LogP) is 3.48. The van der Waals surface area contributed by atoms with Crippen LogP contribution in [-0.2, 0) is 5.60 Å². The van der Waals surface area contributed by atoms with Gasteiger partial charge in [-0.15, -0.1) is 11.3 Å². The second-order valence-electron chi connectivity index (χ2n) is 5.47. The molecule has 6 heteroatoms. The summed E-state index contributed by atoms with van der Waals surface area (Å²) in [4.78, 5) is 12.8. The Kier molecular flexibility index (Phi) is 5.63. The van der Waals surface area contributed by atoms with E-state index < -0.39 is 5.60 Å². The number of nitrogens with one attached hydrogen (secondary N) is 2. The third-order valence-corrected chi connectivity index (χ3v) is 4.50. The van der Waals surface area contributed by atoms with E-state index in [0.29, 0.717) is 12.3 Å². The molecule has 1 aromatic carbocycles. The number of hydrogen-bond donors (Lipinski definition) is 3. The first kappa shape index (κ1) is 17.3. The Morgan fingerprint density at radius 1 is 1.39 bits per heavy atom. The number of aliphatic hydroxyl groups is 1. The minimum atomic E-state index is -1.08. The second kappa shape index (κ2) is 7.48. The molecule has 3 N–H and O–H groups in total. The average molecular weight is 334 g/mol. The van der Waals surface area contributed by atoms with Crippen LogP contribution in [0.4, 0.5) is 10.5 Å². The molecule has 0 aliphatic rings. The van der Waals surface area contributed by atoms with Crippen molar-refractivity contribution < 1.29 is 14.6 Å². The Morgan fingerprint density at radius 2 is 2.17 bits per heavy atom. The zero-order valence-corrected chi connectivity index (χ0v) is 14.4. The number of amides is 2. The third kappa shape index (κ3) is 4.71. The van der Waals surface area contributed by atoms with Crippen molar-refractivity contribution in [1.82, 2.24) is 5.32 Å². The maximum atomic E-state index is 12.0. The van der Waals surface area contributed by atoms with E-state index in [2.05, 4.69) is 10.6 Å². The van der Waals surface area contributed by atoms with Gasteiger partial charge in [0.25, 0.3) is 0 Å². The Morgan fingerprint density at radius 3 is 2.78 bits per heavy atom. The predicted molar refractivity (Wildman–Crippen MR) is 93.3 cm³/mol. The van der Waals surface area contributed by atoms with Crippen molar-refractivity contribution in [3.05, 3.63) is 46.2 Å². The zero-order chi connectivity index (χ0) is 16.9. The lowest BCUT2D eigenvalue weighted by Crippen LogP contribution is -2.40. The van der Waals surface area contributed by atoms with E-state index in [1.165, 1.54) is 11.3 Å². The van der Waals surface area contributed by atoms with Gasteiger partial charge in [-0.05, 0) is 56.0 Å². The Labute approximate surface area is 140 Å². The molecule has 0 radical (unpaired) electrons. The lowest BCUT2D eigenvalue weighted by molar-refractivity contribution is 0.0637. The largest absolute Gasteiger partial charge is 0.494 e. The third-order valence-electron chi connectivity index (χ3n) is 3.38. The van der Waals surface area contributed by atoms with Crippen molar-refractivity contribution in [2.24, 2.45) is 0 Å². The molecule has 5 nitrogen and oxygen atoms in total. The molecular formula is C17H22N2O3S. The van der Waals surface area contributed by atoms with Gasteiger partial charge in [0.1, 0.15) is 11.4 Å². The summed E-state index contributed by atoms with van der Waals surface area (Å²) in [6, 6.07) is 8.83. The first-order valence-electron chi connectivity index (χ1n) is 7.47. The monoisotopic (exact) mass is 334 g/mol. The number of urea groups is 1. The Balaban J connectivity index is 1.91. The summed E-state index contributed by atoms with van der Waals surface area (Å²) in [6.45, 7) is 6.27. The molecule has 1 atom stereocenters. The minimum absolute atomic E-state index is 0.134. The highest BCUT2D eigenvalue weighted by atomic mass is 32.1. The lowest BCUT2D eigenvalue weighted by atomic mass is 10.1. The maximum Gasteiger partial charge on any atom is 0.319 e. The van der Waals surface area contributed by atoms with Gasteiger partial charge in [-0.25, -0.2) is 4.79 Å². The number of ether oxygens (including phenoxy) is 1. The molecular weight excluding hydrogens is 312 g/mol. The fourth-order valence-corrected chi connectivity index (χ4v) is 2.93. The van der Waals surface area contributed by atoms with Gasteiger partial charge in [0.2, 0.25) is 0 Å². The Hall–Kier alpha value is -2.05. The molecule has 0 aliphatic heterocycles. The molecule has 2 rings (SSSR count). The van der Waals surface area contributed by atoms with Crippen molar-refractivity contribution >= 4 is 23.1 Å². The van der Waals surface area contributed by atoms with Crippen LogP contribution >= 0.6 is 11.3 Å². The quantitative estimate of drug-likeness (QED) is 0.757. The number of thiophene rings is 1. The van der Waals surface area contributed by atoms with Crippen LogP contribution in [0.3, 0.4) is 0 Å². The fraction of sp³-hybridized carbons (Fsp3) is 0.353. The van der Waals surface area contributed by atoms with E-state index in [-0.39, 0.29) is 12.6 Å². The fourth-order valence-electron chi connectivity index (χ4n) is 2.14. The maximum absolute atomic E-state index is 12.0. The van der Waals surface area contributed by atoms with Crippen LogP contribution in [0.15, 0.2) is 35.7 Å². The van der Waals surface area contributed by atoms with Crippen LogP contribution in [0.2, 0.25) is 0 Å². The van der Waals surface area contributed by atoms with Crippen LogP contribution in [-0.4, -0.2) is 24.3 Å². The molecule has 0 saturated heterocycles. The summed E-state index contributed by atoms with van der Waals surface area (Å²) < 4.78 is 5.47. The van der Waals surface area contributed by atoms with Gasteiger partial charge in [0, 0.05) is 10.6 Å². The van der Waals surface area contributed by atoms with E-state index in [0.717, 1.165) is 16.2 Å². The van der Waals surface area contributed by atoms with E-state index in [1.54, 1.807) is 13.0 Å². The van der Waals surface area contributed by atoms with E-state index in [4.69, 9.17) is 4.74 Å². The standard InChI is InChI=1S/C17H22N2O3S/c1-4-22-14-8-7-13(10-12(14)2)19-16(20)18-11-17(3,21)15-6-5-9-23-15/h5-10,21H,4,11H2,1-3H3,(H2,18,19,20). The summed E-state index contributed by atoms with van der Waals surface area (Å²) >= 11 is 1.46. The zero-order valence-electron chi connectivity index (χ0n) is 13.6. The van der Waals surface area contributed by atoms with E-state index >= 15 is 0 Å². The summed E-state index contributed by atoms with van der Waals surface area (Å²) in [5.41, 5.74) is 0.551. The van der Waals surface area contributed by atoms with Crippen molar-refractivity contribution in [2.45, 2.75) is 26.4 Å². The highest BCUT2D eigenvalue weighted by molar-refractivity contribution is 7.10. The number of rotatable bonds is 6. The number of hydrogen-bond acceptors (Lipinski definition) is 4. The van der Waals surface area contributed by atoms with Crippen LogP contribution < -0.4 is 15.4 Å². The normalized spacial score (nSPS) is 13.2. The van der Waals surface area contributed by atoms with Gasteiger partial charge in [0.15, 0.2) is 0 Å². The molecule has 0 bridgehead atoms. The van der Waals surface area contributed by atoms with Crippen LogP contribution in [0.25, 0.3) is 0 Å². The molecule has 1 unspecified atom stereocenters. The van der Waals surface area contributed by atoms with Gasteiger partial charge in [-0.1, -0.05) is 6.07 Å². The summed E-state index contributed by atoms with van der Waals surface area (Å²) in [6.07, 6.45) is 0. The van der Waals surface area contributed by atoms with Gasteiger partial charge in [-0.2, -0.15) is 0 Å².